The largest absolute Gasteiger partial charge is 0.322 e. The van der Waals surface area contributed by atoms with Gasteiger partial charge >= 0.3 is 0 Å². The van der Waals surface area contributed by atoms with Gasteiger partial charge in [-0.15, -0.1) is 0 Å². The lowest BCUT2D eigenvalue weighted by atomic mass is 10.1. The molecule has 1 amide bonds. The van der Waals surface area contributed by atoms with Gasteiger partial charge in [-0.3, -0.25) is 9.10 Å². The molecular formula is C21H19IN2O3S. The molecule has 1 N–H and O–H groups in total. The molecule has 5 nitrogen and oxygen atoms in total. The molecule has 0 radical (unpaired) electrons. The molecular weight excluding hydrogens is 487 g/mol. The Hall–Kier alpha value is -2.39. The van der Waals surface area contributed by atoms with E-state index in [4.69, 9.17) is 0 Å². The lowest BCUT2D eigenvalue weighted by Gasteiger charge is -2.22. The Morgan fingerprint density at radius 2 is 1.61 bits per heavy atom. The Kier molecular flexibility index (Phi) is 6.04. The van der Waals surface area contributed by atoms with Crippen molar-refractivity contribution in [2.45, 2.75) is 11.8 Å². The maximum Gasteiger partial charge on any atom is 0.264 e. The highest BCUT2D eigenvalue weighted by atomic mass is 127. The van der Waals surface area contributed by atoms with Gasteiger partial charge in [0.15, 0.2) is 0 Å². The highest BCUT2D eigenvalue weighted by Gasteiger charge is 2.25. The number of rotatable bonds is 5. The molecule has 3 aromatic rings. The number of nitrogens with one attached hydrogen (secondary N) is 1. The molecule has 0 saturated heterocycles. The number of para-hydroxylation sites is 1. The van der Waals surface area contributed by atoms with Crippen molar-refractivity contribution in [3.63, 3.8) is 0 Å². The SMILES string of the molecule is Cc1cc(I)ccc1NC(=O)c1ccccc1N(C)S(=O)(=O)c1ccccc1. The van der Waals surface area contributed by atoms with Crippen LogP contribution >= 0.6 is 22.6 Å². The molecule has 0 fully saturated rings. The van der Waals surface area contributed by atoms with Crippen molar-refractivity contribution in [2.24, 2.45) is 0 Å². The van der Waals surface area contributed by atoms with Crippen LogP contribution in [0.5, 0.6) is 0 Å². The number of benzene rings is 3. The summed E-state index contributed by atoms with van der Waals surface area (Å²) >= 11 is 2.21. The minimum Gasteiger partial charge on any atom is -0.322 e. The van der Waals surface area contributed by atoms with Crippen LogP contribution in [-0.4, -0.2) is 21.4 Å². The Labute approximate surface area is 178 Å². The second kappa shape index (κ2) is 8.32. The van der Waals surface area contributed by atoms with Crippen molar-refractivity contribution in [3.8, 4) is 0 Å². The standard InChI is InChI=1S/C21H19IN2O3S/c1-15-14-16(22)12-13-19(15)23-21(25)18-10-6-7-11-20(18)24(2)28(26,27)17-8-4-3-5-9-17/h3-14H,1-2H3,(H,23,25). The summed E-state index contributed by atoms with van der Waals surface area (Å²) in [5.41, 5.74) is 2.21. The maximum atomic E-state index is 13.0. The third kappa shape index (κ3) is 4.20. The number of carbonyl (C=O) groups excluding carboxylic acids is 1. The third-order valence-electron chi connectivity index (χ3n) is 4.33. The van der Waals surface area contributed by atoms with Crippen molar-refractivity contribution in [3.05, 3.63) is 87.5 Å². The van der Waals surface area contributed by atoms with Crippen LogP contribution in [0.3, 0.4) is 0 Å². The summed E-state index contributed by atoms with van der Waals surface area (Å²) < 4.78 is 28.1. The normalized spacial score (nSPS) is 11.1. The zero-order valence-electron chi connectivity index (χ0n) is 15.4. The molecule has 28 heavy (non-hydrogen) atoms. The number of halogens is 1. The fraction of sp³-hybridized carbons (Fsp3) is 0.0952. The summed E-state index contributed by atoms with van der Waals surface area (Å²) in [6, 6.07) is 20.5. The van der Waals surface area contributed by atoms with Crippen LogP contribution < -0.4 is 9.62 Å². The van der Waals surface area contributed by atoms with Crippen LogP contribution in [0, 0.1) is 10.5 Å². The van der Waals surface area contributed by atoms with Crippen LogP contribution in [0.15, 0.2) is 77.7 Å². The minimum atomic E-state index is -3.78. The van der Waals surface area contributed by atoms with E-state index in [1.54, 1.807) is 42.5 Å². The first-order chi connectivity index (χ1) is 13.3. The van der Waals surface area contributed by atoms with E-state index < -0.39 is 10.0 Å². The first-order valence-electron chi connectivity index (χ1n) is 8.51. The van der Waals surface area contributed by atoms with Gasteiger partial charge in [-0.05, 0) is 77.5 Å². The van der Waals surface area contributed by atoms with Gasteiger partial charge in [0.1, 0.15) is 0 Å². The smallest absolute Gasteiger partial charge is 0.264 e. The molecule has 7 heteroatoms. The molecule has 0 aliphatic heterocycles. The van der Waals surface area contributed by atoms with E-state index >= 15 is 0 Å². The van der Waals surface area contributed by atoms with Gasteiger partial charge in [0, 0.05) is 16.3 Å². The number of amides is 1. The quantitative estimate of drug-likeness (QED) is 0.512. The predicted octanol–water partition coefficient (Wildman–Crippen LogP) is 4.68. The van der Waals surface area contributed by atoms with Gasteiger partial charge in [-0.2, -0.15) is 0 Å². The molecule has 0 spiro atoms. The first-order valence-corrected chi connectivity index (χ1v) is 11.0. The second-order valence-electron chi connectivity index (χ2n) is 6.22. The molecule has 0 bridgehead atoms. The summed E-state index contributed by atoms with van der Waals surface area (Å²) in [5.74, 6) is -0.366. The lowest BCUT2D eigenvalue weighted by Crippen LogP contribution is -2.29. The van der Waals surface area contributed by atoms with Gasteiger partial charge in [0.2, 0.25) is 0 Å². The van der Waals surface area contributed by atoms with Gasteiger partial charge in [0.05, 0.1) is 16.1 Å². The molecule has 144 valence electrons. The summed E-state index contributed by atoms with van der Waals surface area (Å²) in [5, 5.41) is 2.88. The third-order valence-corrected chi connectivity index (χ3v) is 6.78. The zero-order valence-corrected chi connectivity index (χ0v) is 18.4. The summed E-state index contributed by atoms with van der Waals surface area (Å²) in [4.78, 5) is 13.1. The Morgan fingerprint density at radius 1 is 0.964 bits per heavy atom. The summed E-state index contributed by atoms with van der Waals surface area (Å²) in [7, 11) is -2.33. The number of hydrogen-bond acceptors (Lipinski definition) is 3. The van der Waals surface area contributed by atoms with E-state index in [0.717, 1.165) is 13.4 Å². The minimum absolute atomic E-state index is 0.168. The summed E-state index contributed by atoms with van der Waals surface area (Å²) in [6.45, 7) is 1.91. The average molecular weight is 506 g/mol. The number of nitrogens with zero attached hydrogens (tertiary/aromatic N) is 1. The number of aryl methyl sites for hydroxylation is 1. The zero-order chi connectivity index (χ0) is 20.3. The van der Waals surface area contributed by atoms with E-state index in [0.29, 0.717) is 11.4 Å². The Bertz CT molecular complexity index is 1120. The van der Waals surface area contributed by atoms with Gasteiger partial charge in [-0.1, -0.05) is 30.3 Å². The van der Waals surface area contributed by atoms with Crippen LogP contribution in [0.1, 0.15) is 15.9 Å². The van der Waals surface area contributed by atoms with E-state index in [1.807, 2.05) is 25.1 Å². The summed E-state index contributed by atoms with van der Waals surface area (Å²) in [6.07, 6.45) is 0. The van der Waals surface area contributed by atoms with Crippen molar-refractivity contribution in [1.82, 2.24) is 0 Å². The van der Waals surface area contributed by atoms with Gasteiger partial charge in [0.25, 0.3) is 15.9 Å². The number of anilines is 2. The van der Waals surface area contributed by atoms with E-state index in [-0.39, 0.29) is 16.4 Å². The second-order valence-corrected chi connectivity index (χ2v) is 9.43. The average Bonchev–Trinajstić information content (AvgIpc) is 2.70. The van der Waals surface area contributed by atoms with Gasteiger partial charge < -0.3 is 5.32 Å². The molecule has 3 rings (SSSR count). The predicted molar refractivity (Wildman–Crippen MR) is 120 cm³/mol. The van der Waals surface area contributed by atoms with Crippen molar-refractivity contribution >= 4 is 49.9 Å². The fourth-order valence-electron chi connectivity index (χ4n) is 2.78. The Morgan fingerprint density at radius 3 is 2.29 bits per heavy atom. The van der Waals surface area contributed by atoms with Crippen LogP contribution in [0.2, 0.25) is 0 Å². The Balaban J connectivity index is 1.96. The maximum absolute atomic E-state index is 13.0. The van der Waals surface area contributed by atoms with E-state index in [2.05, 4.69) is 27.9 Å². The lowest BCUT2D eigenvalue weighted by molar-refractivity contribution is 0.102. The van der Waals surface area contributed by atoms with Gasteiger partial charge in [-0.25, -0.2) is 8.42 Å². The molecule has 0 heterocycles. The highest BCUT2D eigenvalue weighted by molar-refractivity contribution is 14.1. The monoisotopic (exact) mass is 506 g/mol. The number of carbonyl (C=O) groups is 1. The van der Waals surface area contributed by atoms with Crippen LogP contribution in [-0.2, 0) is 10.0 Å². The molecule has 3 aromatic carbocycles. The number of sulfonamides is 1. The topological polar surface area (TPSA) is 66.5 Å². The molecule has 0 aliphatic rings. The molecule has 0 aliphatic carbocycles. The fourth-order valence-corrected chi connectivity index (χ4v) is 4.66. The number of hydrogen-bond donors (Lipinski definition) is 1. The first kappa shape index (κ1) is 20.3. The van der Waals surface area contributed by atoms with Crippen molar-refractivity contribution in [2.75, 3.05) is 16.7 Å². The molecule has 0 atom stereocenters. The van der Waals surface area contributed by atoms with E-state index in [9.17, 15) is 13.2 Å². The molecule has 0 unspecified atom stereocenters. The van der Waals surface area contributed by atoms with Crippen LogP contribution in [0.25, 0.3) is 0 Å². The van der Waals surface area contributed by atoms with Crippen LogP contribution in [0.4, 0.5) is 11.4 Å². The molecule has 0 saturated carbocycles. The van der Waals surface area contributed by atoms with Crippen molar-refractivity contribution < 1.29 is 13.2 Å². The van der Waals surface area contributed by atoms with Crippen molar-refractivity contribution in [1.29, 1.82) is 0 Å². The van der Waals surface area contributed by atoms with E-state index in [1.165, 1.54) is 19.2 Å². The highest BCUT2D eigenvalue weighted by Crippen LogP contribution is 2.27. The molecule has 0 aromatic heterocycles.